The van der Waals surface area contributed by atoms with E-state index < -0.39 is 0 Å². The molecule has 12 heavy (non-hydrogen) atoms. The van der Waals surface area contributed by atoms with Crippen LogP contribution >= 0.6 is 0 Å². The van der Waals surface area contributed by atoms with E-state index in [0.717, 1.165) is 5.92 Å². The van der Waals surface area contributed by atoms with Crippen molar-refractivity contribution in [3.63, 3.8) is 0 Å². The van der Waals surface area contributed by atoms with E-state index in [1.165, 1.54) is 32.4 Å². The third-order valence-electron chi connectivity index (χ3n) is 2.37. The number of rotatable bonds is 3. The monoisotopic (exact) mass is 165 g/mol. The predicted octanol–water partition coefficient (Wildman–Crippen LogP) is 2.51. The molecule has 0 bridgehead atoms. The Morgan fingerprint density at radius 2 is 2.00 bits per heavy atom. The summed E-state index contributed by atoms with van der Waals surface area (Å²) in [6.07, 6.45) is 12.6. The van der Waals surface area contributed by atoms with Gasteiger partial charge in [0.2, 0.25) is 0 Å². The molecular weight excluding hydrogens is 146 g/mol. The summed E-state index contributed by atoms with van der Waals surface area (Å²) in [6.45, 7) is 4.47. The average Bonchev–Trinajstić information content (AvgIpc) is 2.14. The summed E-state index contributed by atoms with van der Waals surface area (Å²) >= 11 is 0. The van der Waals surface area contributed by atoms with Crippen LogP contribution in [0.2, 0.25) is 0 Å². The maximum Gasteiger partial charge on any atom is -0.00462 e. The smallest absolute Gasteiger partial charge is 0.00462 e. The Kier molecular flexibility index (Phi) is 4.77. The van der Waals surface area contributed by atoms with Gasteiger partial charge in [-0.15, -0.1) is 0 Å². The zero-order valence-electron chi connectivity index (χ0n) is 7.92. The van der Waals surface area contributed by atoms with E-state index in [9.17, 15) is 0 Å². The number of piperidine rings is 1. The summed E-state index contributed by atoms with van der Waals surface area (Å²) in [5, 5.41) is 3.38. The Morgan fingerprint density at radius 3 is 2.67 bits per heavy atom. The van der Waals surface area contributed by atoms with E-state index in [1.54, 1.807) is 0 Å². The molecule has 1 aliphatic heterocycles. The lowest BCUT2D eigenvalue weighted by Gasteiger charge is -2.20. The van der Waals surface area contributed by atoms with Gasteiger partial charge in [0.05, 0.1) is 0 Å². The van der Waals surface area contributed by atoms with Gasteiger partial charge in [-0.2, -0.15) is 0 Å². The van der Waals surface area contributed by atoms with Gasteiger partial charge in [-0.25, -0.2) is 0 Å². The molecule has 1 heteroatoms. The molecule has 1 N–H and O–H groups in total. The van der Waals surface area contributed by atoms with Gasteiger partial charge < -0.3 is 5.32 Å². The maximum absolute atomic E-state index is 3.38. The van der Waals surface area contributed by atoms with Crippen molar-refractivity contribution in [2.45, 2.75) is 26.2 Å². The first-order valence-electron chi connectivity index (χ1n) is 4.92. The highest BCUT2D eigenvalue weighted by Crippen LogP contribution is 2.15. The summed E-state index contributed by atoms with van der Waals surface area (Å²) in [7, 11) is 0. The highest BCUT2D eigenvalue weighted by molar-refractivity contribution is 5.01. The van der Waals surface area contributed by atoms with Crippen LogP contribution in [0.4, 0.5) is 0 Å². The second-order valence-electron chi connectivity index (χ2n) is 3.38. The third kappa shape index (κ3) is 3.72. The zero-order chi connectivity index (χ0) is 8.65. The highest BCUT2D eigenvalue weighted by atomic mass is 14.9. The van der Waals surface area contributed by atoms with Crippen LogP contribution in [0.5, 0.6) is 0 Å². The van der Waals surface area contributed by atoms with E-state index in [0.29, 0.717) is 0 Å². The third-order valence-corrected chi connectivity index (χ3v) is 2.37. The fourth-order valence-corrected chi connectivity index (χ4v) is 1.58. The molecule has 0 amide bonds. The summed E-state index contributed by atoms with van der Waals surface area (Å²) < 4.78 is 0. The van der Waals surface area contributed by atoms with E-state index in [-0.39, 0.29) is 0 Å². The molecule has 1 aliphatic rings. The standard InChI is InChI=1S/C11H19N/c1-2-3-4-5-6-11-7-9-12-10-8-11/h2-5,11-12H,6-10H2,1H3/b3-2-,5-4-. The van der Waals surface area contributed by atoms with Gasteiger partial charge in [-0.1, -0.05) is 24.3 Å². The first-order valence-corrected chi connectivity index (χ1v) is 4.92. The molecule has 1 saturated heterocycles. The van der Waals surface area contributed by atoms with Crippen LogP contribution in [-0.4, -0.2) is 13.1 Å². The predicted molar refractivity (Wildman–Crippen MR) is 54.2 cm³/mol. The van der Waals surface area contributed by atoms with Crippen LogP contribution in [0, 0.1) is 5.92 Å². The first kappa shape index (κ1) is 9.53. The molecule has 1 heterocycles. The van der Waals surface area contributed by atoms with Crippen molar-refractivity contribution in [3.8, 4) is 0 Å². The molecule has 0 saturated carbocycles. The Bertz CT molecular complexity index is 152. The van der Waals surface area contributed by atoms with Crippen molar-refractivity contribution in [2.24, 2.45) is 5.92 Å². The molecule has 0 aliphatic carbocycles. The maximum atomic E-state index is 3.38. The normalized spacial score (nSPS) is 21.1. The molecule has 0 aromatic rings. The summed E-state index contributed by atoms with van der Waals surface area (Å²) in [5.74, 6) is 0.924. The Morgan fingerprint density at radius 1 is 1.25 bits per heavy atom. The van der Waals surface area contributed by atoms with E-state index in [4.69, 9.17) is 0 Å². The molecule has 1 fully saturated rings. The molecule has 0 aromatic heterocycles. The van der Waals surface area contributed by atoms with Gasteiger partial charge >= 0.3 is 0 Å². The van der Waals surface area contributed by atoms with Crippen LogP contribution in [0.1, 0.15) is 26.2 Å². The van der Waals surface area contributed by atoms with Crippen molar-refractivity contribution in [3.05, 3.63) is 24.3 Å². The molecule has 68 valence electrons. The fraction of sp³-hybridized carbons (Fsp3) is 0.636. The van der Waals surface area contributed by atoms with Gasteiger partial charge in [0.1, 0.15) is 0 Å². The van der Waals surface area contributed by atoms with Crippen molar-refractivity contribution < 1.29 is 0 Å². The Labute approximate surface area is 75.6 Å². The van der Waals surface area contributed by atoms with Crippen molar-refractivity contribution in [1.29, 1.82) is 0 Å². The number of nitrogens with one attached hydrogen (secondary N) is 1. The Balaban J connectivity index is 2.12. The first-order chi connectivity index (χ1) is 5.93. The minimum absolute atomic E-state index is 0.924. The van der Waals surface area contributed by atoms with Crippen LogP contribution in [0.15, 0.2) is 24.3 Å². The largest absolute Gasteiger partial charge is 0.317 e. The van der Waals surface area contributed by atoms with Crippen molar-refractivity contribution >= 4 is 0 Å². The lowest BCUT2D eigenvalue weighted by atomic mass is 9.94. The van der Waals surface area contributed by atoms with E-state index >= 15 is 0 Å². The highest BCUT2D eigenvalue weighted by Gasteiger charge is 2.10. The molecule has 0 atom stereocenters. The quantitative estimate of drug-likeness (QED) is 0.634. The minimum atomic E-state index is 0.924. The van der Waals surface area contributed by atoms with Gasteiger partial charge in [0, 0.05) is 0 Å². The molecule has 1 nitrogen and oxygen atoms in total. The minimum Gasteiger partial charge on any atom is -0.317 e. The number of hydrogen-bond donors (Lipinski definition) is 1. The Hall–Kier alpha value is -0.560. The summed E-state index contributed by atoms with van der Waals surface area (Å²) in [6, 6.07) is 0. The molecular formula is C11H19N. The second-order valence-corrected chi connectivity index (χ2v) is 3.38. The number of hydrogen-bond acceptors (Lipinski definition) is 1. The topological polar surface area (TPSA) is 12.0 Å². The molecule has 0 radical (unpaired) electrons. The van der Waals surface area contributed by atoms with E-state index in [2.05, 4.69) is 36.5 Å². The van der Waals surface area contributed by atoms with Crippen LogP contribution in [-0.2, 0) is 0 Å². The molecule has 0 spiro atoms. The van der Waals surface area contributed by atoms with Crippen molar-refractivity contribution in [2.75, 3.05) is 13.1 Å². The summed E-state index contributed by atoms with van der Waals surface area (Å²) in [5.41, 5.74) is 0. The van der Waals surface area contributed by atoms with Crippen LogP contribution < -0.4 is 5.32 Å². The van der Waals surface area contributed by atoms with Crippen LogP contribution in [0.25, 0.3) is 0 Å². The lowest BCUT2D eigenvalue weighted by Crippen LogP contribution is -2.27. The summed E-state index contributed by atoms with van der Waals surface area (Å²) in [4.78, 5) is 0. The van der Waals surface area contributed by atoms with Gasteiger partial charge in [0.25, 0.3) is 0 Å². The van der Waals surface area contributed by atoms with Gasteiger partial charge in [-0.3, -0.25) is 0 Å². The molecule has 0 unspecified atom stereocenters. The molecule has 0 aromatic carbocycles. The number of allylic oxidation sites excluding steroid dienone is 4. The molecule has 1 rings (SSSR count). The fourth-order valence-electron chi connectivity index (χ4n) is 1.58. The van der Waals surface area contributed by atoms with Gasteiger partial charge in [0.15, 0.2) is 0 Å². The SMILES string of the molecule is C/C=C\C=C/CC1CCNCC1. The second kappa shape index (κ2) is 6.01. The lowest BCUT2D eigenvalue weighted by molar-refractivity contribution is 0.377. The van der Waals surface area contributed by atoms with Crippen LogP contribution in [0.3, 0.4) is 0 Å². The zero-order valence-corrected chi connectivity index (χ0v) is 7.92. The van der Waals surface area contributed by atoms with E-state index in [1.807, 2.05) is 0 Å². The van der Waals surface area contributed by atoms with Crippen molar-refractivity contribution in [1.82, 2.24) is 5.32 Å². The van der Waals surface area contributed by atoms with Gasteiger partial charge in [-0.05, 0) is 45.2 Å². The average molecular weight is 165 g/mol.